The molecule has 4 rings (SSSR count). The van der Waals surface area contributed by atoms with Crippen LogP contribution in [0.1, 0.15) is 80.6 Å². The number of carbonyl (C=O) groups excluding carboxylic acids is 1. The molecule has 0 spiro atoms. The predicted molar refractivity (Wildman–Crippen MR) is 155 cm³/mol. The van der Waals surface area contributed by atoms with Crippen molar-refractivity contribution in [3.8, 4) is 11.1 Å². The van der Waals surface area contributed by atoms with Gasteiger partial charge in [-0.3, -0.25) is 4.79 Å². The smallest absolute Gasteiger partial charge is 0.306 e. The van der Waals surface area contributed by atoms with Crippen molar-refractivity contribution in [2.24, 2.45) is 11.8 Å². The average Bonchev–Trinajstić information content (AvgIpc) is 3.17. The maximum absolute atomic E-state index is 12.2. The fraction of sp³-hybridized carbons (Fsp3) is 0.767. The normalized spacial score (nSPS) is 25.1. The molecule has 6 heteroatoms. The summed E-state index contributed by atoms with van der Waals surface area (Å²) in [7, 11) is -3.48. The zero-order valence-electron chi connectivity index (χ0n) is 24.1. The summed E-state index contributed by atoms with van der Waals surface area (Å²) in [6, 6.07) is 15.5. The Morgan fingerprint density at radius 1 is 0.917 bits per heavy atom. The van der Waals surface area contributed by atoms with Gasteiger partial charge in [0.15, 0.2) is 16.6 Å². The van der Waals surface area contributed by atoms with Gasteiger partial charge in [-0.05, 0) is 59.9 Å². The highest BCUT2D eigenvalue weighted by Gasteiger charge is 2.55. The van der Waals surface area contributed by atoms with Crippen molar-refractivity contribution in [3.05, 3.63) is 24.3 Å². The van der Waals surface area contributed by atoms with Gasteiger partial charge in [-0.2, -0.15) is 0 Å². The Morgan fingerprint density at radius 3 is 1.94 bits per heavy atom. The highest BCUT2D eigenvalue weighted by Crippen LogP contribution is 2.48. The van der Waals surface area contributed by atoms with Crippen molar-refractivity contribution < 1.29 is 18.4 Å². The highest BCUT2D eigenvalue weighted by molar-refractivity contribution is 6.74. The molecule has 2 fully saturated rings. The second-order valence-corrected chi connectivity index (χ2v) is 20.7. The molecule has 3 aliphatic carbocycles. The Kier molecular flexibility index (Phi) is 10.9. The predicted octanol–water partition coefficient (Wildman–Crippen LogP) is 8.58. The Balaban J connectivity index is 0.000000513. The quantitative estimate of drug-likeness (QED) is 0.180. The third kappa shape index (κ3) is 6.72. The Hall–Kier alpha value is -0.956. The van der Waals surface area contributed by atoms with Crippen LogP contribution in [0, 0.1) is 11.8 Å². The Labute approximate surface area is 223 Å². The summed E-state index contributed by atoms with van der Waals surface area (Å²) in [6.07, 6.45) is 5.32. The number of unbranched alkanes of at least 4 members (excludes halogenated alkanes) is 1. The van der Waals surface area contributed by atoms with Gasteiger partial charge in [-0.25, -0.2) is 0 Å². The number of ether oxygens (including phenoxy) is 1. The first-order chi connectivity index (χ1) is 17.3. The molecule has 0 N–H and O–H groups in total. The van der Waals surface area contributed by atoms with Crippen LogP contribution in [0.3, 0.4) is 0 Å². The lowest BCUT2D eigenvalue weighted by molar-refractivity contribution is -0.141. The molecule has 0 aromatic carbocycles. The maximum Gasteiger partial charge on any atom is 0.306 e. The molecule has 0 aromatic rings. The van der Waals surface area contributed by atoms with Crippen molar-refractivity contribution >= 4 is 22.6 Å². The topological polar surface area (TPSA) is 44.8 Å². The van der Waals surface area contributed by atoms with E-state index in [1.54, 1.807) is 0 Å². The average molecular weight is 533 g/mol. The van der Waals surface area contributed by atoms with E-state index in [1.807, 2.05) is 0 Å². The molecule has 1 aliphatic heterocycles. The lowest BCUT2D eigenvalue weighted by atomic mass is 9.85. The number of hydrogen-bond donors (Lipinski definition) is 0. The third-order valence-corrected chi connectivity index (χ3v) is 18.9. The van der Waals surface area contributed by atoms with E-state index >= 15 is 0 Å². The fourth-order valence-corrected chi connectivity index (χ4v) is 12.4. The largest absolute Gasteiger partial charge is 0.462 e. The number of esters is 1. The summed E-state index contributed by atoms with van der Waals surface area (Å²) in [5, 5.41) is 0. The second-order valence-electron chi connectivity index (χ2n) is 11.2. The lowest BCUT2D eigenvalue weighted by Crippen LogP contribution is -2.48. The van der Waals surface area contributed by atoms with Gasteiger partial charge in [-0.15, -0.1) is 0 Å². The van der Waals surface area contributed by atoms with Gasteiger partial charge in [0, 0.05) is 18.3 Å². The molecule has 204 valence electrons. The van der Waals surface area contributed by atoms with E-state index in [4.69, 9.17) is 13.6 Å². The summed E-state index contributed by atoms with van der Waals surface area (Å²) in [4.78, 5) is 12.2. The first-order valence-electron chi connectivity index (χ1n) is 15.0. The van der Waals surface area contributed by atoms with E-state index in [2.05, 4.69) is 72.7 Å². The number of hydrogen-bond acceptors (Lipinski definition) is 4. The van der Waals surface area contributed by atoms with Crippen molar-refractivity contribution in [3.63, 3.8) is 0 Å². The molecule has 5 atom stereocenters. The van der Waals surface area contributed by atoms with Crippen LogP contribution >= 0.6 is 0 Å². The first kappa shape index (κ1) is 29.6. The van der Waals surface area contributed by atoms with Crippen LogP contribution in [0.4, 0.5) is 0 Å². The van der Waals surface area contributed by atoms with Crippen LogP contribution in [-0.4, -0.2) is 40.9 Å². The molecule has 0 amide bonds. The molecule has 1 saturated carbocycles. The number of fused-ring (bicyclic) bond motifs is 2. The van der Waals surface area contributed by atoms with Gasteiger partial charge in [0.1, 0.15) is 6.10 Å². The third-order valence-electron chi connectivity index (χ3n) is 9.60. The standard InChI is InChI=1S/C24H48O4Si2.C6H4/c1-8-15-16-20(27-29(9-2,10-3)11-4)24-19-17-23(25)26-21(19)18-22(24)28-30(12-5,13-6)14-7;1-2-5-4-6(5)3-1/h19-22,24H,8-18H2,1-7H3;1-4H/t19-,20+,21-,22+,24+;/m0./s1. The van der Waals surface area contributed by atoms with Gasteiger partial charge in [0.05, 0.1) is 18.6 Å². The Bertz CT molecular complexity index is 802. The Morgan fingerprint density at radius 2 is 1.50 bits per heavy atom. The van der Waals surface area contributed by atoms with Crippen molar-refractivity contribution in [2.45, 2.75) is 135 Å². The first-order valence-corrected chi connectivity index (χ1v) is 20.0. The van der Waals surface area contributed by atoms with E-state index in [9.17, 15) is 4.79 Å². The molecule has 4 nitrogen and oxygen atoms in total. The van der Waals surface area contributed by atoms with Gasteiger partial charge < -0.3 is 13.6 Å². The highest BCUT2D eigenvalue weighted by atomic mass is 28.4. The number of carbonyl (C=O) groups is 1. The molecule has 36 heavy (non-hydrogen) atoms. The van der Waals surface area contributed by atoms with Crippen LogP contribution < -0.4 is 0 Å². The van der Waals surface area contributed by atoms with Crippen LogP contribution in [0.25, 0.3) is 11.1 Å². The number of benzene rings is 1. The summed E-state index contributed by atoms with van der Waals surface area (Å²) >= 11 is 0. The minimum Gasteiger partial charge on any atom is -0.462 e. The molecule has 0 radical (unpaired) electrons. The van der Waals surface area contributed by atoms with Gasteiger partial charge >= 0.3 is 5.97 Å². The van der Waals surface area contributed by atoms with Crippen LogP contribution in [0.5, 0.6) is 0 Å². The summed E-state index contributed by atoms with van der Waals surface area (Å²) in [5.74, 6) is 0.567. The van der Waals surface area contributed by atoms with Gasteiger partial charge in [0.25, 0.3) is 0 Å². The molecular formula is C30H52O4Si2. The second kappa shape index (κ2) is 13.2. The van der Waals surface area contributed by atoms with Crippen LogP contribution in [0.2, 0.25) is 36.3 Å². The molecule has 0 bridgehead atoms. The van der Waals surface area contributed by atoms with E-state index in [0.717, 1.165) is 31.0 Å². The maximum atomic E-state index is 12.2. The molecule has 4 aliphatic rings. The molecule has 1 heterocycles. The van der Waals surface area contributed by atoms with Crippen molar-refractivity contribution in [2.75, 3.05) is 0 Å². The van der Waals surface area contributed by atoms with Crippen LogP contribution in [-0.2, 0) is 18.4 Å². The van der Waals surface area contributed by atoms with E-state index in [0.29, 0.717) is 12.3 Å². The zero-order chi connectivity index (χ0) is 26.3. The summed E-state index contributed by atoms with van der Waals surface area (Å²) in [6.45, 7) is 16.1. The summed E-state index contributed by atoms with van der Waals surface area (Å²) < 4.78 is 20.0. The summed E-state index contributed by atoms with van der Waals surface area (Å²) in [5.41, 5.74) is 2.85. The lowest BCUT2D eigenvalue weighted by Gasteiger charge is -2.41. The van der Waals surface area contributed by atoms with Crippen molar-refractivity contribution in [1.29, 1.82) is 0 Å². The van der Waals surface area contributed by atoms with E-state index < -0.39 is 16.6 Å². The van der Waals surface area contributed by atoms with Crippen molar-refractivity contribution in [1.82, 2.24) is 0 Å². The monoisotopic (exact) mass is 532 g/mol. The SMILES string of the molecule is CCCC[C@@H](O[Si](CC)(CC)CC)[C@H]1[C@H]2CC(=O)O[C@H]2C[C@H]1O[Si](CC)(CC)CC.c1cc2cc-2c1. The van der Waals surface area contributed by atoms with Crippen LogP contribution in [0.15, 0.2) is 24.3 Å². The molecule has 0 unspecified atom stereocenters. The van der Waals surface area contributed by atoms with Gasteiger partial charge in [-0.1, -0.05) is 79.5 Å². The molecular weight excluding hydrogens is 480 g/mol. The fourth-order valence-electron chi connectivity index (χ4n) is 6.59. The van der Waals surface area contributed by atoms with E-state index in [-0.39, 0.29) is 30.2 Å². The molecule has 0 aromatic heterocycles. The zero-order valence-corrected chi connectivity index (χ0v) is 26.1. The van der Waals surface area contributed by atoms with Gasteiger partial charge in [0.2, 0.25) is 0 Å². The minimum absolute atomic E-state index is 0.0161. The number of rotatable bonds is 14. The van der Waals surface area contributed by atoms with E-state index in [1.165, 1.54) is 42.1 Å². The minimum atomic E-state index is -1.74. The molecule has 1 saturated heterocycles.